The predicted molar refractivity (Wildman–Crippen MR) is 222 cm³/mol. The van der Waals surface area contributed by atoms with Crippen molar-refractivity contribution in [3.63, 3.8) is 0 Å². The van der Waals surface area contributed by atoms with Crippen LogP contribution in [0.25, 0.3) is 6.08 Å². The number of methoxy groups -OCH3 is 1. The molecule has 8 rings (SSSR count). The fourth-order valence-corrected chi connectivity index (χ4v) is 10.9. The Morgan fingerprint density at radius 1 is 0.984 bits per heavy atom. The summed E-state index contributed by atoms with van der Waals surface area (Å²) in [4.78, 5) is 55.9. The van der Waals surface area contributed by atoms with E-state index in [2.05, 4.69) is 6.08 Å². The maximum Gasteiger partial charge on any atom is 0.333 e. The first-order valence-electron chi connectivity index (χ1n) is 21.3. The summed E-state index contributed by atoms with van der Waals surface area (Å²) in [5.74, 6) is -5.82. The van der Waals surface area contributed by atoms with Crippen LogP contribution in [0.3, 0.4) is 0 Å². The Balaban J connectivity index is 1.54. The van der Waals surface area contributed by atoms with Gasteiger partial charge in [-0.2, -0.15) is 0 Å². The molecular weight excluding hydrogens is 806 g/mol. The largest absolute Gasteiger partial charge is 0.482 e. The van der Waals surface area contributed by atoms with Crippen molar-refractivity contribution in [2.75, 3.05) is 20.3 Å². The number of carbonyl (C=O) groups is 3. The molecule has 3 aliphatic carbocycles. The lowest BCUT2D eigenvalue weighted by molar-refractivity contribution is -0.494. The van der Waals surface area contributed by atoms with E-state index in [1.165, 1.54) is 20.1 Å². The number of nitro groups is 1. The zero-order chi connectivity index (χ0) is 45.4. The van der Waals surface area contributed by atoms with Gasteiger partial charge >= 0.3 is 5.97 Å². The number of carbonyl (C=O) groups excluding carboxylic acids is 3. The van der Waals surface area contributed by atoms with Gasteiger partial charge < -0.3 is 48.8 Å². The van der Waals surface area contributed by atoms with Crippen LogP contribution in [-0.4, -0.2) is 116 Å². The monoisotopic (exact) mass is 865 g/mol. The smallest absolute Gasteiger partial charge is 0.333 e. The lowest BCUT2D eigenvalue weighted by atomic mass is 9.43. The third kappa shape index (κ3) is 7.10. The zero-order valence-electron chi connectivity index (χ0n) is 36.8. The van der Waals surface area contributed by atoms with Gasteiger partial charge in [-0.1, -0.05) is 29.4 Å². The lowest BCUT2D eigenvalue weighted by Gasteiger charge is -2.62. The normalized spacial score (nSPS) is 36.1. The quantitative estimate of drug-likeness (QED) is 0.0709. The zero-order valence-corrected chi connectivity index (χ0v) is 36.8. The van der Waals surface area contributed by atoms with Crippen molar-refractivity contribution in [3.05, 3.63) is 67.8 Å². The number of benzene rings is 1. The van der Waals surface area contributed by atoms with Gasteiger partial charge in [-0.3, -0.25) is 19.7 Å². The second-order valence-electron chi connectivity index (χ2n) is 18.9. The fraction of sp³-hybridized carbons (Fsp3) is 0.630. The molecule has 7 unspecified atom stereocenters. The first kappa shape index (κ1) is 45.6. The maximum atomic E-state index is 16.0. The van der Waals surface area contributed by atoms with Crippen molar-refractivity contribution in [2.45, 2.75) is 141 Å². The van der Waals surface area contributed by atoms with Crippen molar-refractivity contribution in [3.8, 4) is 17.2 Å². The van der Waals surface area contributed by atoms with E-state index < -0.39 is 112 Å². The van der Waals surface area contributed by atoms with E-state index in [0.717, 1.165) is 11.1 Å². The number of Topliss-reactive ketones (excluding diaryl/α,β-unsaturated/α-hetero) is 2. The Kier molecular flexibility index (Phi) is 12.0. The van der Waals surface area contributed by atoms with Crippen LogP contribution in [0, 0.1) is 33.8 Å². The molecule has 7 aliphatic rings. The summed E-state index contributed by atoms with van der Waals surface area (Å²) in [5.41, 5.74) is -2.97. The molecule has 4 aliphatic heterocycles. The van der Waals surface area contributed by atoms with Crippen LogP contribution in [-0.2, 0) is 30.2 Å². The fourth-order valence-electron chi connectivity index (χ4n) is 10.9. The summed E-state index contributed by atoms with van der Waals surface area (Å²) in [7, 11) is 1.23. The van der Waals surface area contributed by atoms with E-state index in [1.807, 2.05) is 46.8 Å². The Labute approximate surface area is 360 Å². The van der Waals surface area contributed by atoms with Crippen LogP contribution in [0.2, 0.25) is 0 Å². The molecule has 62 heavy (non-hydrogen) atoms. The van der Waals surface area contributed by atoms with Gasteiger partial charge in [-0.15, -0.1) is 0 Å². The number of fused-ring (bicyclic) bond motifs is 2. The molecule has 3 saturated carbocycles. The number of esters is 1. The number of ether oxygens (including phenoxy) is 6. The second kappa shape index (κ2) is 16.3. The van der Waals surface area contributed by atoms with Crippen LogP contribution < -0.4 is 14.2 Å². The predicted octanol–water partition coefficient (Wildman–Crippen LogP) is 4.38. The van der Waals surface area contributed by atoms with Gasteiger partial charge in [-0.05, 0) is 93.2 Å². The lowest BCUT2D eigenvalue weighted by Crippen LogP contribution is -2.79. The van der Waals surface area contributed by atoms with Crippen molar-refractivity contribution in [2.24, 2.45) is 23.7 Å². The van der Waals surface area contributed by atoms with Gasteiger partial charge in [0, 0.05) is 40.2 Å². The van der Waals surface area contributed by atoms with E-state index in [0.29, 0.717) is 18.4 Å². The van der Waals surface area contributed by atoms with E-state index in [4.69, 9.17) is 28.4 Å². The van der Waals surface area contributed by atoms with Crippen LogP contribution in [0.5, 0.6) is 17.2 Å². The summed E-state index contributed by atoms with van der Waals surface area (Å²) < 4.78 is 38.6. The van der Waals surface area contributed by atoms with Crippen LogP contribution in [0.1, 0.15) is 103 Å². The van der Waals surface area contributed by atoms with Gasteiger partial charge in [-0.25, -0.2) is 4.79 Å². The number of aliphatic hydroxyl groups is 4. The number of allylic oxidation sites excluding steroid dienone is 4. The van der Waals surface area contributed by atoms with E-state index in [9.17, 15) is 35.3 Å². The average Bonchev–Trinajstić information content (AvgIpc) is 3.34. The molecule has 2 saturated heterocycles. The molecular formula is C46H59NO15. The minimum Gasteiger partial charge on any atom is -0.482 e. The summed E-state index contributed by atoms with van der Waals surface area (Å²) in [5, 5.41) is 55.3. The number of hydrogen-bond donors (Lipinski definition) is 4. The Hall–Kier alpha value is -4.45. The molecule has 1 aromatic carbocycles. The minimum atomic E-state index is -1.90. The van der Waals surface area contributed by atoms with Crippen molar-refractivity contribution >= 4 is 23.6 Å². The summed E-state index contributed by atoms with van der Waals surface area (Å²) >= 11 is 0. The molecule has 0 aromatic heterocycles. The molecule has 12 atom stereocenters. The van der Waals surface area contributed by atoms with E-state index in [-0.39, 0.29) is 53.2 Å². The van der Waals surface area contributed by atoms with Crippen molar-refractivity contribution in [1.82, 2.24) is 0 Å². The molecule has 4 bridgehead atoms. The Bertz CT molecular complexity index is 2160. The number of aliphatic hydroxyl groups excluding tert-OH is 4. The van der Waals surface area contributed by atoms with Gasteiger partial charge in [0.15, 0.2) is 22.8 Å². The number of ketones is 2. The molecule has 4 heterocycles. The number of nitrogens with zero attached hydrogens (tertiary/aromatic N) is 1. The minimum absolute atomic E-state index is 0.0126. The van der Waals surface area contributed by atoms with Gasteiger partial charge in [0.1, 0.15) is 52.8 Å². The molecule has 1 spiro atoms. The second-order valence-corrected chi connectivity index (χ2v) is 18.9. The number of hydrogen-bond acceptors (Lipinski definition) is 15. The highest BCUT2D eigenvalue weighted by Crippen LogP contribution is 2.72. The molecule has 4 N–H and O–H groups in total. The molecule has 338 valence electrons. The Morgan fingerprint density at radius 2 is 1.68 bits per heavy atom. The highest BCUT2D eigenvalue weighted by atomic mass is 16.7. The Morgan fingerprint density at radius 3 is 2.31 bits per heavy atom. The third-order valence-electron chi connectivity index (χ3n) is 13.8. The SMILES string of the molecule is COC(=O)/C(C)=C\CC12OC(C)(C)C3CC(C1=O)C(C[N+](=O)[O-])C1C(=O)c4c(O[C@@H]5O[C@H](CO)[C@@H](O)[C@@H](O)[C@H]5O)c5c(c(CC=C(C)C)c4OC132)OC(C)(CCC=C(C)C)C=C5. The first-order valence-corrected chi connectivity index (χ1v) is 21.3. The molecule has 0 radical (unpaired) electrons. The van der Waals surface area contributed by atoms with Gasteiger partial charge in [0.2, 0.25) is 12.8 Å². The van der Waals surface area contributed by atoms with Crippen LogP contribution >= 0.6 is 0 Å². The summed E-state index contributed by atoms with van der Waals surface area (Å²) in [6.45, 7) is 13.4. The van der Waals surface area contributed by atoms with Crippen LogP contribution in [0.15, 0.2) is 41.0 Å². The maximum absolute atomic E-state index is 16.0. The summed E-state index contributed by atoms with van der Waals surface area (Å²) in [6.07, 6.45) is 1.91. The molecule has 1 aromatic rings. The molecule has 16 nitrogen and oxygen atoms in total. The van der Waals surface area contributed by atoms with E-state index in [1.54, 1.807) is 19.9 Å². The topological polar surface area (TPSA) is 231 Å². The van der Waals surface area contributed by atoms with Crippen LogP contribution in [0.4, 0.5) is 0 Å². The van der Waals surface area contributed by atoms with Gasteiger partial charge in [0.05, 0.1) is 30.8 Å². The van der Waals surface area contributed by atoms with Gasteiger partial charge in [0.25, 0.3) is 0 Å². The standard InChI is InChI=1S/C46H59NO15/c1-22(2)11-10-16-44(8)17-15-26-37(60-44)25(13-12-23(3)4)39-31(38(26)59-42-36(52)35(51)33(49)29(21-48)58-42)34(50)32-28(20-47(55)56)27-19-30-43(6,7)62-45(40(27)53,46(30,32)61-39)18-14-24(5)41(54)57-9/h11-12,14-15,17,27-30,32-33,35-36,42,48-49,51-52H,10,13,16,18-21H2,1-9H3/b24-14-/t27?,28?,29-,30?,32?,33-,35-,36-,42+,44?,45?,46?/m1/s1. The first-order chi connectivity index (χ1) is 29.1. The molecule has 0 amide bonds. The van der Waals surface area contributed by atoms with E-state index >= 15 is 9.59 Å². The third-order valence-corrected chi connectivity index (χ3v) is 13.8. The molecule has 5 fully saturated rings. The number of rotatable bonds is 13. The average molecular weight is 866 g/mol. The van der Waals surface area contributed by atoms with Crippen molar-refractivity contribution < 1.29 is 68.2 Å². The van der Waals surface area contributed by atoms with Crippen molar-refractivity contribution in [1.29, 1.82) is 0 Å². The highest BCUT2D eigenvalue weighted by Gasteiger charge is 2.86. The molecule has 16 heteroatoms. The highest BCUT2D eigenvalue weighted by molar-refractivity contribution is 6.10. The summed E-state index contributed by atoms with van der Waals surface area (Å²) in [6, 6.07) is 0.